The number of hydrogen-bond acceptors (Lipinski definition) is 4. The first-order chi connectivity index (χ1) is 9.58. The van der Waals surface area contributed by atoms with Gasteiger partial charge in [0.2, 0.25) is 5.91 Å². The van der Waals surface area contributed by atoms with Crippen molar-refractivity contribution in [2.24, 2.45) is 5.73 Å². The van der Waals surface area contributed by atoms with Gasteiger partial charge in [-0.05, 0) is 19.3 Å². The Kier molecular flexibility index (Phi) is 5.81. The molecule has 3 N–H and O–H groups in total. The van der Waals surface area contributed by atoms with Gasteiger partial charge in [-0.25, -0.2) is 0 Å². The third-order valence-corrected chi connectivity index (χ3v) is 4.43. The van der Waals surface area contributed by atoms with E-state index >= 15 is 0 Å². The number of hydrogen-bond donors (Lipinski definition) is 2. The van der Waals surface area contributed by atoms with Gasteiger partial charge in [-0.2, -0.15) is 0 Å². The lowest BCUT2D eigenvalue weighted by molar-refractivity contribution is -0.121. The van der Waals surface area contributed by atoms with Crippen molar-refractivity contribution in [1.29, 1.82) is 0 Å². The predicted molar refractivity (Wildman–Crippen MR) is 79.4 cm³/mol. The lowest BCUT2D eigenvalue weighted by Crippen LogP contribution is -2.54. The zero-order valence-electron chi connectivity index (χ0n) is 12.8. The van der Waals surface area contributed by atoms with E-state index < -0.39 is 0 Å². The highest BCUT2D eigenvalue weighted by Gasteiger charge is 2.34. The van der Waals surface area contributed by atoms with E-state index in [9.17, 15) is 4.79 Å². The van der Waals surface area contributed by atoms with E-state index in [2.05, 4.69) is 10.2 Å². The van der Waals surface area contributed by atoms with Crippen LogP contribution in [-0.2, 0) is 9.53 Å². The van der Waals surface area contributed by atoms with Crippen LogP contribution in [0.25, 0.3) is 0 Å². The Morgan fingerprint density at radius 2 is 2.15 bits per heavy atom. The number of nitrogens with zero attached hydrogens (tertiary/aromatic N) is 1. The van der Waals surface area contributed by atoms with Gasteiger partial charge in [-0.15, -0.1) is 0 Å². The molecule has 3 unspecified atom stereocenters. The number of ether oxygens (including phenoxy) is 1. The first-order valence-electron chi connectivity index (χ1n) is 7.99. The molecule has 1 saturated heterocycles. The van der Waals surface area contributed by atoms with E-state index in [1.807, 2.05) is 13.8 Å². The molecule has 116 valence electrons. The topological polar surface area (TPSA) is 67.6 Å². The Morgan fingerprint density at radius 1 is 1.40 bits per heavy atom. The van der Waals surface area contributed by atoms with Crippen LogP contribution in [0.1, 0.15) is 46.0 Å². The Morgan fingerprint density at radius 3 is 2.85 bits per heavy atom. The molecular formula is C15H29N3O2. The zero-order valence-corrected chi connectivity index (χ0v) is 12.8. The molecular weight excluding hydrogens is 254 g/mol. The van der Waals surface area contributed by atoms with Gasteiger partial charge in [0, 0.05) is 25.2 Å². The maximum absolute atomic E-state index is 11.5. The van der Waals surface area contributed by atoms with Gasteiger partial charge in [-0.1, -0.05) is 26.7 Å². The van der Waals surface area contributed by atoms with E-state index in [-0.39, 0.29) is 18.0 Å². The summed E-state index contributed by atoms with van der Waals surface area (Å²) in [6.07, 6.45) is 6.19. The number of nitrogens with two attached hydrogens (primary N) is 1. The van der Waals surface area contributed by atoms with E-state index in [1.54, 1.807) is 0 Å². The van der Waals surface area contributed by atoms with Crippen molar-refractivity contribution in [3.63, 3.8) is 0 Å². The zero-order chi connectivity index (χ0) is 14.5. The summed E-state index contributed by atoms with van der Waals surface area (Å²) in [4.78, 5) is 14.0. The summed E-state index contributed by atoms with van der Waals surface area (Å²) in [5.74, 6) is -0.243. The molecule has 2 rings (SSSR count). The molecule has 0 bridgehead atoms. The minimum Gasteiger partial charge on any atom is -0.375 e. The predicted octanol–water partition coefficient (Wildman–Crippen LogP) is 0.872. The van der Waals surface area contributed by atoms with Crippen LogP contribution in [0.15, 0.2) is 0 Å². The van der Waals surface area contributed by atoms with E-state index in [0.717, 1.165) is 26.1 Å². The van der Waals surface area contributed by atoms with E-state index in [4.69, 9.17) is 10.5 Å². The highest BCUT2D eigenvalue weighted by molar-refractivity contribution is 5.79. The highest BCUT2D eigenvalue weighted by atomic mass is 16.5. The number of amides is 1. The molecule has 5 nitrogen and oxygen atoms in total. The lowest BCUT2D eigenvalue weighted by atomic mass is 9.90. The second kappa shape index (κ2) is 7.38. The van der Waals surface area contributed by atoms with E-state index in [1.165, 1.54) is 25.7 Å². The summed E-state index contributed by atoms with van der Waals surface area (Å²) >= 11 is 0. The molecule has 0 aromatic rings. The largest absolute Gasteiger partial charge is 0.375 e. The van der Waals surface area contributed by atoms with Gasteiger partial charge >= 0.3 is 0 Å². The van der Waals surface area contributed by atoms with Crippen molar-refractivity contribution in [3.8, 4) is 0 Å². The first kappa shape index (κ1) is 15.7. The van der Waals surface area contributed by atoms with Crippen molar-refractivity contribution >= 4 is 5.91 Å². The second-order valence-corrected chi connectivity index (χ2v) is 6.36. The Hall–Kier alpha value is -0.650. The maximum Gasteiger partial charge on any atom is 0.234 e. The smallest absolute Gasteiger partial charge is 0.234 e. The molecule has 0 aromatic carbocycles. The molecule has 0 radical (unpaired) electrons. The summed E-state index contributed by atoms with van der Waals surface area (Å²) < 4.78 is 5.88. The summed E-state index contributed by atoms with van der Waals surface area (Å²) in [5.41, 5.74) is 5.49. The summed E-state index contributed by atoms with van der Waals surface area (Å²) in [5, 5.41) is 3.26. The molecule has 2 fully saturated rings. The molecule has 0 spiro atoms. The normalized spacial score (nSPS) is 29.1. The highest BCUT2D eigenvalue weighted by Crippen LogP contribution is 2.28. The molecule has 1 aliphatic heterocycles. The van der Waals surface area contributed by atoms with Crippen LogP contribution in [0.2, 0.25) is 0 Å². The third-order valence-electron chi connectivity index (χ3n) is 4.43. The Balaban J connectivity index is 1.86. The van der Waals surface area contributed by atoms with Crippen LogP contribution in [0.3, 0.4) is 0 Å². The van der Waals surface area contributed by atoms with Crippen molar-refractivity contribution in [2.75, 3.05) is 19.7 Å². The van der Waals surface area contributed by atoms with Crippen molar-refractivity contribution < 1.29 is 9.53 Å². The van der Waals surface area contributed by atoms with Crippen LogP contribution < -0.4 is 11.1 Å². The van der Waals surface area contributed by atoms with Crippen molar-refractivity contribution in [2.45, 2.75) is 70.2 Å². The SMILES string of the molecule is CC(C)NC(CCN1CCOC2CCCCC21)C(N)=O. The molecule has 1 aliphatic carbocycles. The minimum absolute atomic E-state index is 0.222. The molecule has 5 heteroatoms. The summed E-state index contributed by atoms with van der Waals surface area (Å²) in [6.45, 7) is 6.82. The maximum atomic E-state index is 11.5. The van der Waals surface area contributed by atoms with Gasteiger partial charge in [0.05, 0.1) is 18.8 Å². The molecule has 3 atom stereocenters. The van der Waals surface area contributed by atoms with Crippen molar-refractivity contribution in [1.82, 2.24) is 10.2 Å². The summed E-state index contributed by atoms with van der Waals surface area (Å²) in [7, 11) is 0. The number of primary amides is 1. The van der Waals surface area contributed by atoms with Gasteiger partial charge < -0.3 is 15.8 Å². The number of fused-ring (bicyclic) bond motifs is 1. The average molecular weight is 283 g/mol. The van der Waals surface area contributed by atoms with Gasteiger partial charge in [0.1, 0.15) is 0 Å². The van der Waals surface area contributed by atoms with Crippen LogP contribution in [-0.4, -0.2) is 54.7 Å². The van der Waals surface area contributed by atoms with Crippen molar-refractivity contribution in [3.05, 3.63) is 0 Å². The fraction of sp³-hybridized carbons (Fsp3) is 0.933. The number of carbonyl (C=O) groups excluding carboxylic acids is 1. The quantitative estimate of drug-likeness (QED) is 0.759. The minimum atomic E-state index is -0.243. The van der Waals surface area contributed by atoms with Crippen LogP contribution in [0, 0.1) is 0 Å². The molecule has 0 aromatic heterocycles. The van der Waals surface area contributed by atoms with Gasteiger partial charge in [0.15, 0.2) is 0 Å². The number of carbonyl (C=O) groups is 1. The Bertz CT molecular complexity index is 320. The summed E-state index contributed by atoms with van der Waals surface area (Å²) in [6, 6.07) is 0.601. The second-order valence-electron chi connectivity index (χ2n) is 6.36. The van der Waals surface area contributed by atoms with E-state index in [0.29, 0.717) is 12.1 Å². The molecule has 20 heavy (non-hydrogen) atoms. The average Bonchev–Trinajstić information content (AvgIpc) is 2.42. The fourth-order valence-corrected chi connectivity index (χ4v) is 3.46. The number of nitrogens with one attached hydrogen (secondary N) is 1. The third kappa shape index (κ3) is 4.17. The van der Waals surface area contributed by atoms with Crippen LogP contribution in [0.4, 0.5) is 0 Å². The van der Waals surface area contributed by atoms with Crippen LogP contribution >= 0.6 is 0 Å². The lowest BCUT2D eigenvalue weighted by Gasteiger charge is -2.44. The molecule has 1 amide bonds. The first-order valence-corrected chi connectivity index (χ1v) is 7.99. The van der Waals surface area contributed by atoms with Gasteiger partial charge in [-0.3, -0.25) is 9.69 Å². The standard InChI is InChI=1S/C15H29N3O2/c1-11(2)17-12(15(16)19)7-8-18-9-10-20-14-6-4-3-5-13(14)18/h11-14,17H,3-10H2,1-2H3,(H2,16,19). The monoisotopic (exact) mass is 283 g/mol. The van der Waals surface area contributed by atoms with Crippen LogP contribution in [0.5, 0.6) is 0 Å². The number of rotatable bonds is 6. The fourth-order valence-electron chi connectivity index (χ4n) is 3.46. The molecule has 2 aliphatic rings. The van der Waals surface area contributed by atoms with Gasteiger partial charge in [0.25, 0.3) is 0 Å². The Labute approximate surface area is 122 Å². The number of morpholine rings is 1. The molecule has 1 saturated carbocycles. The molecule has 1 heterocycles.